The van der Waals surface area contributed by atoms with Crippen molar-refractivity contribution in [1.29, 1.82) is 0 Å². The Morgan fingerprint density at radius 3 is 2.47 bits per heavy atom. The van der Waals surface area contributed by atoms with Crippen molar-refractivity contribution in [3.63, 3.8) is 0 Å². The van der Waals surface area contributed by atoms with Crippen LogP contribution in [-0.4, -0.2) is 34.5 Å². The fourth-order valence-electron chi connectivity index (χ4n) is 2.79. The quantitative estimate of drug-likeness (QED) is 0.887. The van der Waals surface area contributed by atoms with Gasteiger partial charge >= 0.3 is 0 Å². The molecule has 0 radical (unpaired) electrons. The van der Waals surface area contributed by atoms with E-state index in [0.29, 0.717) is 12.0 Å². The second-order valence-corrected chi connectivity index (χ2v) is 4.95. The van der Waals surface area contributed by atoms with Gasteiger partial charge in [-0.1, -0.05) is 0 Å². The molecule has 1 aromatic rings. The Kier molecular flexibility index (Phi) is 4.66. The van der Waals surface area contributed by atoms with Gasteiger partial charge in [-0.2, -0.15) is 0 Å². The van der Waals surface area contributed by atoms with Crippen molar-refractivity contribution in [1.82, 2.24) is 5.32 Å². The lowest BCUT2D eigenvalue weighted by molar-refractivity contribution is 0.177. The molecule has 1 N–H and O–H groups in total. The first kappa shape index (κ1) is 14.2. The van der Waals surface area contributed by atoms with Crippen LogP contribution >= 0.6 is 0 Å². The number of benzene rings is 1. The van der Waals surface area contributed by atoms with Crippen LogP contribution in [0.1, 0.15) is 23.6 Å². The first-order valence-corrected chi connectivity index (χ1v) is 6.68. The lowest BCUT2D eigenvalue weighted by Crippen LogP contribution is -2.26. The molecule has 1 aromatic carbocycles. The molecule has 0 aromatic heterocycles. The zero-order valence-electron chi connectivity index (χ0n) is 12.2. The number of nitrogens with one attached hydrogen (secondary N) is 1. The van der Waals surface area contributed by atoms with Crippen molar-refractivity contribution in [3.05, 3.63) is 23.3 Å². The number of ether oxygens (including phenoxy) is 3. The summed E-state index contributed by atoms with van der Waals surface area (Å²) >= 11 is 0. The van der Waals surface area contributed by atoms with Crippen molar-refractivity contribution >= 4 is 0 Å². The molecule has 1 aliphatic rings. The highest BCUT2D eigenvalue weighted by atomic mass is 16.5. The van der Waals surface area contributed by atoms with Crippen molar-refractivity contribution < 1.29 is 14.2 Å². The number of hydrogen-bond donors (Lipinski definition) is 1. The van der Waals surface area contributed by atoms with Crippen LogP contribution in [0.3, 0.4) is 0 Å². The molecular weight excluding hydrogens is 242 g/mol. The van der Waals surface area contributed by atoms with Gasteiger partial charge in [-0.15, -0.1) is 0 Å². The van der Waals surface area contributed by atoms with Gasteiger partial charge in [-0.05, 0) is 43.7 Å². The molecule has 4 heteroatoms. The van der Waals surface area contributed by atoms with E-state index in [4.69, 9.17) is 14.2 Å². The van der Waals surface area contributed by atoms with Gasteiger partial charge in [0.25, 0.3) is 0 Å². The van der Waals surface area contributed by atoms with Crippen LogP contribution in [0, 0.1) is 12.8 Å². The number of aryl methyl sites for hydroxylation is 1. The van der Waals surface area contributed by atoms with E-state index in [1.807, 2.05) is 13.1 Å². The van der Waals surface area contributed by atoms with Gasteiger partial charge in [-0.25, -0.2) is 0 Å². The molecule has 0 saturated carbocycles. The molecule has 1 heterocycles. The minimum atomic E-state index is 0.294. The fourth-order valence-corrected chi connectivity index (χ4v) is 2.79. The van der Waals surface area contributed by atoms with Crippen LogP contribution in [0.15, 0.2) is 12.1 Å². The molecule has 2 atom stereocenters. The van der Waals surface area contributed by atoms with E-state index < -0.39 is 0 Å². The lowest BCUT2D eigenvalue weighted by Gasteiger charge is -2.25. The van der Waals surface area contributed by atoms with Crippen LogP contribution in [0.4, 0.5) is 0 Å². The third-order valence-corrected chi connectivity index (χ3v) is 3.85. The molecular formula is C15H23NO3. The van der Waals surface area contributed by atoms with Gasteiger partial charge < -0.3 is 19.5 Å². The second kappa shape index (κ2) is 6.26. The molecule has 0 bridgehead atoms. The van der Waals surface area contributed by atoms with Gasteiger partial charge in [0, 0.05) is 18.6 Å². The average Bonchev–Trinajstić information content (AvgIpc) is 2.94. The smallest absolute Gasteiger partial charge is 0.161 e. The van der Waals surface area contributed by atoms with E-state index in [1.165, 1.54) is 11.1 Å². The minimum absolute atomic E-state index is 0.294. The number of rotatable bonds is 5. The Bertz CT molecular complexity index is 428. The second-order valence-electron chi connectivity index (χ2n) is 4.95. The standard InChI is InChI=1S/C15H23NO3/c1-10-7-13(17-3)14(18-4)8-12(10)15(16-2)11-5-6-19-9-11/h7-8,11,15-16H,5-6,9H2,1-4H3. The van der Waals surface area contributed by atoms with E-state index in [2.05, 4.69) is 18.3 Å². The maximum Gasteiger partial charge on any atom is 0.161 e. The molecule has 0 amide bonds. The maximum absolute atomic E-state index is 5.51. The predicted octanol–water partition coefficient (Wildman–Crippen LogP) is 2.31. The largest absolute Gasteiger partial charge is 0.493 e. The first-order valence-electron chi connectivity index (χ1n) is 6.68. The summed E-state index contributed by atoms with van der Waals surface area (Å²) in [4.78, 5) is 0. The Hall–Kier alpha value is -1.26. The number of methoxy groups -OCH3 is 2. The normalized spacial score (nSPS) is 20.3. The van der Waals surface area contributed by atoms with E-state index >= 15 is 0 Å². The third-order valence-electron chi connectivity index (χ3n) is 3.85. The Morgan fingerprint density at radius 2 is 1.95 bits per heavy atom. The molecule has 106 valence electrons. The summed E-state index contributed by atoms with van der Waals surface area (Å²) in [5.41, 5.74) is 2.47. The zero-order valence-corrected chi connectivity index (χ0v) is 12.2. The summed E-state index contributed by atoms with van der Waals surface area (Å²) in [6, 6.07) is 4.41. The molecule has 1 saturated heterocycles. The Balaban J connectivity index is 2.36. The SMILES string of the molecule is CNC(c1cc(OC)c(OC)cc1C)C1CCOC1. The van der Waals surface area contributed by atoms with Crippen LogP contribution in [0.5, 0.6) is 11.5 Å². The maximum atomic E-state index is 5.51. The van der Waals surface area contributed by atoms with E-state index in [9.17, 15) is 0 Å². The van der Waals surface area contributed by atoms with Crippen molar-refractivity contribution in [2.24, 2.45) is 5.92 Å². The van der Waals surface area contributed by atoms with E-state index in [0.717, 1.165) is 31.1 Å². The highest BCUT2D eigenvalue weighted by Crippen LogP contribution is 2.36. The Labute approximate surface area is 115 Å². The van der Waals surface area contributed by atoms with Crippen molar-refractivity contribution in [2.45, 2.75) is 19.4 Å². The van der Waals surface area contributed by atoms with E-state index in [1.54, 1.807) is 14.2 Å². The molecule has 4 nitrogen and oxygen atoms in total. The van der Waals surface area contributed by atoms with Gasteiger partial charge in [0.15, 0.2) is 11.5 Å². The monoisotopic (exact) mass is 265 g/mol. The summed E-state index contributed by atoms with van der Waals surface area (Å²) < 4.78 is 16.3. The molecule has 2 unspecified atom stereocenters. The zero-order chi connectivity index (χ0) is 13.8. The summed E-state index contributed by atoms with van der Waals surface area (Å²) in [5.74, 6) is 2.07. The van der Waals surface area contributed by atoms with Crippen molar-refractivity contribution in [3.8, 4) is 11.5 Å². The topological polar surface area (TPSA) is 39.7 Å². The van der Waals surface area contributed by atoms with Gasteiger partial charge in [0.1, 0.15) is 0 Å². The molecule has 0 aliphatic carbocycles. The third kappa shape index (κ3) is 2.85. The van der Waals surface area contributed by atoms with Crippen LogP contribution in [-0.2, 0) is 4.74 Å². The highest BCUT2D eigenvalue weighted by Gasteiger charge is 2.27. The van der Waals surface area contributed by atoms with Crippen LogP contribution in [0.2, 0.25) is 0 Å². The van der Waals surface area contributed by atoms with E-state index in [-0.39, 0.29) is 0 Å². The summed E-state index contributed by atoms with van der Waals surface area (Å²) in [5, 5.41) is 3.41. The molecule has 1 fully saturated rings. The van der Waals surface area contributed by atoms with Crippen LogP contribution < -0.4 is 14.8 Å². The molecule has 1 aliphatic heterocycles. The van der Waals surface area contributed by atoms with Gasteiger partial charge in [0.05, 0.1) is 20.8 Å². The lowest BCUT2D eigenvalue weighted by atomic mass is 9.89. The van der Waals surface area contributed by atoms with Crippen LogP contribution in [0.25, 0.3) is 0 Å². The highest BCUT2D eigenvalue weighted by molar-refractivity contribution is 5.48. The first-order chi connectivity index (χ1) is 9.21. The number of hydrogen-bond acceptors (Lipinski definition) is 4. The minimum Gasteiger partial charge on any atom is -0.493 e. The average molecular weight is 265 g/mol. The van der Waals surface area contributed by atoms with Crippen molar-refractivity contribution in [2.75, 3.05) is 34.5 Å². The summed E-state index contributed by atoms with van der Waals surface area (Å²) in [6.45, 7) is 3.78. The fraction of sp³-hybridized carbons (Fsp3) is 0.600. The summed E-state index contributed by atoms with van der Waals surface area (Å²) in [7, 11) is 5.33. The molecule has 19 heavy (non-hydrogen) atoms. The van der Waals surface area contributed by atoms with Gasteiger partial charge in [0.2, 0.25) is 0 Å². The Morgan fingerprint density at radius 1 is 1.26 bits per heavy atom. The molecule has 0 spiro atoms. The molecule has 2 rings (SSSR count). The summed E-state index contributed by atoms with van der Waals surface area (Å²) in [6.07, 6.45) is 1.10. The predicted molar refractivity (Wildman–Crippen MR) is 75.0 cm³/mol. The van der Waals surface area contributed by atoms with Gasteiger partial charge in [-0.3, -0.25) is 0 Å².